The van der Waals surface area contributed by atoms with Crippen LogP contribution in [0.15, 0.2) is 0 Å². The molecule has 0 saturated heterocycles. The second kappa shape index (κ2) is 18.9. The summed E-state index contributed by atoms with van der Waals surface area (Å²) in [6.07, 6.45) is 17.8. The van der Waals surface area contributed by atoms with E-state index in [0.717, 1.165) is 32.1 Å². The summed E-state index contributed by atoms with van der Waals surface area (Å²) in [6.45, 7) is 6.89. The third-order valence-corrected chi connectivity index (χ3v) is 5.19. The third kappa shape index (κ3) is 17.5. The molecule has 0 saturated carbocycles. The van der Waals surface area contributed by atoms with Crippen molar-refractivity contribution in [3.63, 3.8) is 0 Å². The summed E-state index contributed by atoms with van der Waals surface area (Å²) in [5.74, 6) is -0.559. The fourth-order valence-electron chi connectivity index (χ4n) is 3.49. The van der Waals surface area contributed by atoms with Gasteiger partial charge in [0.15, 0.2) is 13.6 Å². The van der Waals surface area contributed by atoms with Crippen LogP contribution in [0.5, 0.6) is 0 Å². The number of unbranched alkanes of at least 4 members (excludes halogenated alkanes) is 12. The van der Waals surface area contributed by atoms with Crippen LogP contribution in [-0.4, -0.2) is 30.3 Å². The maximum atomic E-state index is 12.2. The van der Waals surface area contributed by atoms with Crippen LogP contribution in [0.4, 0.5) is 0 Å². The average molecular weight is 415 g/mol. The Morgan fingerprint density at radius 2 is 0.897 bits per heavy atom. The first-order chi connectivity index (χ1) is 14.0. The minimum Gasteiger partial charge on any atom is -0.245 e. The van der Waals surface area contributed by atoms with Gasteiger partial charge in [0.25, 0.3) is 0 Å². The summed E-state index contributed by atoms with van der Waals surface area (Å²) in [6, 6.07) is 0. The lowest BCUT2D eigenvalue weighted by molar-refractivity contribution is -1.21. The van der Waals surface area contributed by atoms with E-state index >= 15 is 0 Å². The molecule has 0 spiro atoms. The topological polar surface area (TPSA) is 52.6 Å². The summed E-state index contributed by atoms with van der Waals surface area (Å²) in [5, 5.41) is 0. The largest absolute Gasteiger partial charge is 0.372 e. The summed E-state index contributed by atoms with van der Waals surface area (Å²) >= 11 is 0. The number of rotatable bonds is 20. The van der Waals surface area contributed by atoms with E-state index in [1.54, 1.807) is 7.05 Å². The highest BCUT2D eigenvalue weighted by molar-refractivity contribution is 5.69. The van der Waals surface area contributed by atoms with Crippen LogP contribution in [0.1, 0.15) is 130 Å². The first kappa shape index (κ1) is 27.9. The van der Waals surface area contributed by atoms with E-state index < -0.39 is 0 Å². The van der Waals surface area contributed by atoms with Crippen LogP contribution in [0.3, 0.4) is 0 Å². The molecule has 0 aliphatic heterocycles. The maximum Gasteiger partial charge on any atom is 0.372 e. The molecule has 0 amide bonds. The maximum absolute atomic E-state index is 12.2. The summed E-state index contributed by atoms with van der Waals surface area (Å²) in [7, 11) is 1.66. The number of carbonyl (C=O) groups is 2. The van der Waals surface area contributed by atoms with E-state index in [-0.39, 0.29) is 16.7 Å². The Hall–Kier alpha value is -1.10. The molecular weight excluding hydrogens is 366 g/mol. The molecule has 0 bridgehead atoms. The Labute approximate surface area is 180 Å². The molecule has 172 valence electrons. The van der Waals surface area contributed by atoms with E-state index in [4.69, 9.17) is 9.68 Å². The number of carbonyl (C=O) groups excluding carboxylic acids is 2. The van der Waals surface area contributed by atoms with E-state index in [0.29, 0.717) is 19.4 Å². The van der Waals surface area contributed by atoms with Crippen molar-refractivity contribution in [1.29, 1.82) is 0 Å². The van der Waals surface area contributed by atoms with Gasteiger partial charge < -0.3 is 0 Å². The van der Waals surface area contributed by atoms with Gasteiger partial charge in [0.2, 0.25) is 0 Å². The predicted molar refractivity (Wildman–Crippen MR) is 119 cm³/mol. The Bertz CT molecular complexity index is 380. The molecule has 0 aromatic rings. The van der Waals surface area contributed by atoms with Crippen molar-refractivity contribution in [3.05, 3.63) is 0 Å². The van der Waals surface area contributed by atoms with Crippen molar-refractivity contribution in [2.24, 2.45) is 0 Å². The average Bonchev–Trinajstić information content (AvgIpc) is 2.66. The first-order valence-corrected chi connectivity index (χ1v) is 12.3. The van der Waals surface area contributed by atoms with E-state index in [2.05, 4.69) is 13.8 Å². The van der Waals surface area contributed by atoms with Crippen molar-refractivity contribution in [2.75, 3.05) is 13.6 Å². The highest BCUT2D eigenvalue weighted by Gasteiger charge is 2.32. The normalized spacial score (nSPS) is 11.4. The van der Waals surface area contributed by atoms with Crippen molar-refractivity contribution in [2.45, 2.75) is 130 Å². The Kier molecular flexibility index (Phi) is 18.2. The third-order valence-electron chi connectivity index (χ3n) is 5.19. The van der Waals surface area contributed by atoms with Gasteiger partial charge in [-0.15, -0.1) is 0 Å². The SMILES string of the molecule is CCCCCCCCCC(=O)O[N+](C)(CCC)OC(=O)CCCCCCCCC. The monoisotopic (exact) mass is 414 g/mol. The van der Waals surface area contributed by atoms with Crippen molar-refractivity contribution < 1.29 is 24.1 Å². The molecule has 0 heterocycles. The molecule has 0 N–H and O–H groups in total. The number of hydrogen-bond donors (Lipinski definition) is 0. The quantitative estimate of drug-likeness (QED) is 0.122. The minimum atomic E-state index is -0.388. The van der Waals surface area contributed by atoms with Gasteiger partial charge in [0.05, 0.1) is 12.8 Å². The fraction of sp³-hybridized carbons (Fsp3) is 0.917. The van der Waals surface area contributed by atoms with Gasteiger partial charge in [0, 0.05) is 11.2 Å². The second-order valence-electron chi connectivity index (χ2n) is 8.41. The highest BCUT2D eigenvalue weighted by Crippen LogP contribution is 2.15. The summed E-state index contributed by atoms with van der Waals surface area (Å²) in [5.41, 5.74) is 0. The van der Waals surface area contributed by atoms with Crippen LogP contribution in [-0.2, 0) is 19.3 Å². The fourth-order valence-corrected chi connectivity index (χ4v) is 3.49. The number of hydroxylamine groups is 4. The van der Waals surface area contributed by atoms with Gasteiger partial charge >= 0.3 is 11.9 Å². The lowest BCUT2D eigenvalue weighted by atomic mass is 10.1. The summed E-state index contributed by atoms with van der Waals surface area (Å²) < 4.78 is 0. The van der Waals surface area contributed by atoms with E-state index in [1.165, 1.54) is 64.2 Å². The van der Waals surface area contributed by atoms with Crippen molar-refractivity contribution in [3.8, 4) is 0 Å². The first-order valence-electron chi connectivity index (χ1n) is 12.3. The molecule has 0 aliphatic carbocycles. The lowest BCUT2D eigenvalue weighted by Crippen LogP contribution is -2.47. The molecule has 0 aromatic carbocycles. The molecule has 29 heavy (non-hydrogen) atoms. The Morgan fingerprint density at radius 3 is 1.24 bits per heavy atom. The molecule has 0 fully saturated rings. The lowest BCUT2D eigenvalue weighted by Gasteiger charge is -2.26. The number of quaternary nitrogens is 1. The molecule has 0 unspecified atom stereocenters. The Balaban J connectivity index is 4.06. The molecule has 5 heteroatoms. The van der Waals surface area contributed by atoms with Crippen LogP contribution in [0.25, 0.3) is 0 Å². The molecule has 0 radical (unpaired) electrons. The Morgan fingerprint density at radius 1 is 0.552 bits per heavy atom. The van der Waals surface area contributed by atoms with Crippen molar-refractivity contribution >= 4 is 11.9 Å². The number of hydrogen-bond acceptors (Lipinski definition) is 4. The number of nitrogens with zero attached hydrogens (tertiary/aromatic N) is 1. The molecular formula is C24H48NO4+. The van der Waals surface area contributed by atoms with Crippen molar-refractivity contribution in [1.82, 2.24) is 0 Å². The van der Waals surface area contributed by atoms with Crippen LogP contribution in [0, 0.1) is 0 Å². The van der Waals surface area contributed by atoms with Gasteiger partial charge in [0.1, 0.15) is 0 Å². The van der Waals surface area contributed by atoms with Gasteiger partial charge in [-0.25, -0.2) is 19.3 Å². The molecule has 0 aliphatic rings. The summed E-state index contributed by atoms with van der Waals surface area (Å²) in [4.78, 5) is 35.1. The zero-order valence-electron chi connectivity index (χ0n) is 19.8. The van der Waals surface area contributed by atoms with Gasteiger partial charge in [-0.1, -0.05) is 97.8 Å². The van der Waals surface area contributed by atoms with Crippen LogP contribution >= 0.6 is 0 Å². The highest BCUT2D eigenvalue weighted by atomic mass is 17.0. The van der Waals surface area contributed by atoms with Gasteiger partial charge in [-0.05, 0) is 12.8 Å². The van der Waals surface area contributed by atoms with Crippen LogP contribution in [0.2, 0.25) is 0 Å². The van der Waals surface area contributed by atoms with Crippen LogP contribution < -0.4 is 0 Å². The zero-order valence-corrected chi connectivity index (χ0v) is 19.8. The second-order valence-corrected chi connectivity index (χ2v) is 8.41. The predicted octanol–water partition coefficient (Wildman–Crippen LogP) is 7.04. The molecule has 0 atom stereocenters. The molecule has 5 nitrogen and oxygen atoms in total. The van der Waals surface area contributed by atoms with Gasteiger partial charge in [-0.3, -0.25) is 0 Å². The zero-order chi connectivity index (χ0) is 21.8. The van der Waals surface area contributed by atoms with Gasteiger partial charge in [-0.2, -0.15) is 0 Å². The van der Waals surface area contributed by atoms with E-state index in [9.17, 15) is 9.59 Å². The van der Waals surface area contributed by atoms with E-state index in [1.807, 2.05) is 6.92 Å². The minimum absolute atomic E-state index is 0.279. The molecule has 0 aromatic heterocycles. The smallest absolute Gasteiger partial charge is 0.245 e. The molecule has 0 rings (SSSR count). The standard InChI is InChI=1S/C24H48NO4/c1-5-8-10-12-14-16-18-20-23(26)28-25(4,22-7-3)29-24(27)21-19-17-15-13-11-9-6-2/h5-22H2,1-4H3/q+1.